The van der Waals surface area contributed by atoms with Crippen LogP contribution in [0.2, 0.25) is 0 Å². The summed E-state index contributed by atoms with van der Waals surface area (Å²) in [4.78, 5) is 1.51. The Morgan fingerprint density at radius 2 is 1.88 bits per heavy atom. The molecule has 7 heteroatoms. The van der Waals surface area contributed by atoms with Crippen LogP contribution in [0.4, 0.5) is 13.2 Å². The summed E-state index contributed by atoms with van der Waals surface area (Å²) < 4.78 is 37.7. The number of amidine groups is 1. The van der Waals surface area contributed by atoms with Gasteiger partial charge in [-0.25, -0.2) is 0 Å². The van der Waals surface area contributed by atoms with E-state index in [-0.39, 0.29) is 12.5 Å². The molecule has 3 N–H and O–H groups in total. The average molecular weight is 241 g/mol. The first-order valence-electron chi connectivity index (χ1n) is 4.91. The molecule has 0 aliphatic carbocycles. The zero-order valence-electron chi connectivity index (χ0n) is 9.62. The molecule has 0 aromatic heterocycles. The fraction of sp³-hybridized carbons (Fsp3) is 0.889. The molecule has 0 heterocycles. The minimum atomic E-state index is -4.50. The van der Waals surface area contributed by atoms with Crippen LogP contribution in [0.1, 0.15) is 13.8 Å². The van der Waals surface area contributed by atoms with Gasteiger partial charge in [-0.3, -0.25) is 0 Å². The van der Waals surface area contributed by atoms with Crippen molar-refractivity contribution in [3.8, 4) is 0 Å². The van der Waals surface area contributed by atoms with E-state index in [0.717, 1.165) is 0 Å². The maximum Gasteiger partial charge on any atom is 0.400 e. The van der Waals surface area contributed by atoms with Crippen molar-refractivity contribution in [2.45, 2.75) is 20.0 Å². The van der Waals surface area contributed by atoms with Gasteiger partial charge in [0.1, 0.15) is 5.92 Å². The van der Waals surface area contributed by atoms with Crippen molar-refractivity contribution in [3.63, 3.8) is 0 Å². The van der Waals surface area contributed by atoms with Gasteiger partial charge in [-0.2, -0.15) is 13.2 Å². The van der Waals surface area contributed by atoms with Crippen molar-refractivity contribution in [2.24, 2.45) is 22.7 Å². The van der Waals surface area contributed by atoms with Gasteiger partial charge in [-0.1, -0.05) is 19.0 Å². The van der Waals surface area contributed by atoms with E-state index >= 15 is 0 Å². The number of halogens is 3. The Morgan fingerprint density at radius 3 is 2.19 bits per heavy atom. The first-order valence-corrected chi connectivity index (χ1v) is 4.91. The lowest BCUT2D eigenvalue weighted by Gasteiger charge is -2.26. The summed E-state index contributed by atoms with van der Waals surface area (Å²) >= 11 is 0. The Balaban J connectivity index is 4.57. The minimum absolute atomic E-state index is 0.256. The summed E-state index contributed by atoms with van der Waals surface area (Å²) in [5.74, 6) is -2.48. The number of nitrogens with zero attached hydrogens (tertiary/aromatic N) is 2. The molecule has 0 saturated heterocycles. The Labute approximate surface area is 92.9 Å². The first-order chi connectivity index (χ1) is 7.18. The molecule has 0 spiro atoms. The van der Waals surface area contributed by atoms with Crippen LogP contribution in [0.25, 0.3) is 0 Å². The second-order valence-corrected chi connectivity index (χ2v) is 4.23. The summed E-state index contributed by atoms with van der Waals surface area (Å²) in [6.45, 7) is 4.02. The van der Waals surface area contributed by atoms with E-state index in [0.29, 0.717) is 6.54 Å². The summed E-state index contributed by atoms with van der Waals surface area (Å²) in [7, 11) is 1.57. The molecule has 0 aromatic carbocycles. The number of oxime groups is 1. The van der Waals surface area contributed by atoms with Gasteiger partial charge in [0, 0.05) is 13.1 Å². The minimum Gasteiger partial charge on any atom is -0.409 e. The number of rotatable bonds is 5. The van der Waals surface area contributed by atoms with E-state index in [1.165, 1.54) is 4.90 Å². The summed E-state index contributed by atoms with van der Waals surface area (Å²) in [5, 5.41) is 10.7. The molecule has 0 aromatic rings. The summed E-state index contributed by atoms with van der Waals surface area (Å²) in [6, 6.07) is 0. The zero-order chi connectivity index (χ0) is 12.9. The molecule has 1 atom stereocenters. The maximum absolute atomic E-state index is 12.6. The molecule has 0 aliphatic rings. The van der Waals surface area contributed by atoms with Gasteiger partial charge < -0.3 is 15.8 Å². The van der Waals surface area contributed by atoms with Crippen molar-refractivity contribution < 1.29 is 18.4 Å². The van der Waals surface area contributed by atoms with Gasteiger partial charge in [-0.15, -0.1) is 0 Å². The quantitative estimate of drug-likeness (QED) is 0.332. The third-order valence-corrected chi connectivity index (χ3v) is 2.04. The second-order valence-electron chi connectivity index (χ2n) is 4.23. The Hall–Kier alpha value is -0.980. The van der Waals surface area contributed by atoms with Crippen molar-refractivity contribution >= 4 is 5.84 Å². The lowest BCUT2D eigenvalue weighted by atomic mass is 10.1. The molecular formula is C9H18F3N3O. The van der Waals surface area contributed by atoms with Crippen LogP contribution >= 0.6 is 0 Å². The first kappa shape index (κ1) is 15.0. The van der Waals surface area contributed by atoms with Gasteiger partial charge >= 0.3 is 6.18 Å². The predicted octanol–water partition coefficient (Wildman–Crippen LogP) is 1.50. The maximum atomic E-state index is 12.6. The number of hydrogen-bond donors (Lipinski definition) is 2. The molecular weight excluding hydrogens is 223 g/mol. The number of hydrogen-bond acceptors (Lipinski definition) is 3. The van der Waals surface area contributed by atoms with Gasteiger partial charge in [0.05, 0.1) is 0 Å². The van der Waals surface area contributed by atoms with Crippen molar-refractivity contribution in [3.05, 3.63) is 0 Å². The van der Waals surface area contributed by atoms with E-state index in [1.807, 2.05) is 13.8 Å². The third-order valence-electron chi connectivity index (χ3n) is 2.04. The zero-order valence-corrected chi connectivity index (χ0v) is 9.62. The van der Waals surface area contributed by atoms with E-state index in [9.17, 15) is 13.2 Å². The molecule has 0 rings (SSSR count). The van der Waals surface area contributed by atoms with Crippen LogP contribution < -0.4 is 5.73 Å². The Bertz CT molecular complexity index is 241. The topological polar surface area (TPSA) is 61.8 Å². The summed E-state index contributed by atoms with van der Waals surface area (Å²) in [6.07, 6.45) is -4.50. The lowest BCUT2D eigenvalue weighted by molar-refractivity contribution is -0.159. The van der Waals surface area contributed by atoms with Crippen LogP contribution in [-0.4, -0.2) is 42.3 Å². The van der Waals surface area contributed by atoms with E-state index < -0.39 is 17.9 Å². The standard InChI is InChI=1S/C9H18F3N3O/c1-6(2)4-15(3)5-7(8(13)14-16)9(10,11)12/h6-7,16H,4-5H2,1-3H3,(H2,13,14). The third kappa shape index (κ3) is 5.20. The Kier molecular flexibility index (Phi) is 5.57. The fourth-order valence-corrected chi connectivity index (χ4v) is 1.44. The fourth-order valence-electron chi connectivity index (χ4n) is 1.44. The number of alkyl halides is 3. The van der Waals surface area contributed by atoms with E-state index in [4.69, 9.17) is 10.9 Å². The highest BCUT2D eigenvalue weighted by molar-refractivity contribution is 5.83. The highest BCUT2D eigenvalue weighted by Gasteiger charge is 2.43. The predicted molar refractivity (Wildman–Crippen MR) is 55.3 cm³/mol. The molecule has 0 fully saturated rings. The van der Waals surface area contributed by atoms with Crippen LogP contribution in [0.5, 0.6) is 0 Å². The van der Waals surface area contributed by atoms with Gasteiger partial charge in [-0.05, 0) is 13.0 Å². The van der Waals surface area contributed by atoms with Crippen LogP contribution in [0.3, 0.4) is 0 Å². The summed E-state index contributed by atoms with van der Waals surface area (Å²) in [5.41, 5.74) is 5.04. The normalized spacial score (nSPS) is 15.9. The van der Waals surface area contributed by atoms with Crippen molar-refractivity contribution in [2.75, 3.05) is 20.1 Å². The largest absolute Gasteiger partial charge is 0.409 e. The van der Waals surface area contributed by atoms with Gasteiger partial charge in [0.2, 0.25) is 0 Å². The molecule has 0 radical (unpaired) electrons. The highest BCUT2D eigenvalue weighted by atomic mass is 19.4. The molecule has 0 saturated carbocycles. The monoisotopic (exact) mass is 241 g/mol. The smallest absolute Gasteiger partial charge is 0.400 e. The van der Waals surface area contributed by atoms with Crippen LogP contribution in [0.15, 0.2) is 5.16 Å². The van der Waals surface area contributed by atoms with Gasteiger partial charge in [0.25, 0.3) is 0 Å². The van der Waals surface area contributed by atoms with Crippen molar-refractivity contribution in [1.82, 2.24) is 4.90 Å². The Morgan fingerprint density at radius 1 is 1.38 bits per heavy atom. The van der Waals surface area contributed by atoms with Crippen LogP contribution in [-0.2, 0) is 0 Å². The molecule has 16 heavy (non-hydrogen) atoms. The molecule has 1 unspecified atom stereocenters. The molecule has 0 bridgehead atoms. The molecule has 0 aliphatic heterocycles. The van der Waals surface area contributed by atoms with Crippen LogP contribution in [0, 0.1) is 11.8 Å². The van der Waals surface area contributed by atoms with Crippen molar-refractivity contribution in [1.29, 1.82) is 0 Å². The number of nitrogens with two attached hydrogens (primary N) is 1. The molecule has 4 nitrogen and oxygen atoms in total. The lowest BCUT2D eigenvalue weighted by Crippen LogP contribution is -2.44. The molecule has 96 valence electrons. The second kappa shape index (κ2) is 5.93. The SMILES string of the molecule is CC(C)CN(C)CC(C(N)=NO)C(F)(F)F. The van der Waals surface area contributed by atoms with E-state index in [1.54, 1.807) is 7.05 Å². The highest BCUT2D eigenvalue weighted by Crippen LogP contribution is 2.27. The van der Waals surface area contributed by atoms with E-state index in [2.05, 4.69) is 5.16 Å². The molecule has 0 amide bonds. The average Bonchev–Trinajstić information content (AvgIpc) is 2.10. The van der Waals surface area contributed by atoms with Gasteiger partial charge in [0.15, 0.2) is 5.84 Å².